The summed E-state index contributed by atoms with van der Waals surface area (Å²) < 4.78 is 13.4. The monoisotopic (exact) mass is 288 g/mol. The molecule has 16 heavy (non-hydrogen) atoms. The fourth-order valence-electron chi connectivity index (χ4n) is 1.53. The number of hydrogen-bond acceptors (Lipinski definition) is 1. The Morgan fingerprint density at radius 2 is 2.12 bits per heavy atom. The Labute approximate surface area is 103 Å². The van der Waals surface area contributed by atoms with Crippen LogP contribution in [0.1, 0.15) is 19.4 Å². The topological polar surface area (TPSA) is 37.3 Å². The van der Waals surface area contributed by atoms with Crippen molar-refractivity contribution in [2.24, 2.45) is 11.8 Å². The van der Waals surface area contributed by atoms with E-state index in [-0.39, 0.29) is 11.7 Å². The minimum Gasteiger partial charge on any atom is -0.481 e. The predicted molar refractivity (Wildman–Crippen MR) is 63.8 cm³/mol. The lowest BCUT2D eigenvalue weighted by molar-refractivity contribution is -0.143. The van der Waals surface area contributed by atoms with E-state index in [9.17, 15) is 9.18 Å². The largest absolute Gasteiger partial charge is 0.481 e. The molecule has 0 aliphatic heterocycles. The summed E-state index contributed by atoms with van der Waals surface area (Å²) in [6.07, 6.45) is 0.422. The molecule has 0 heterocycles. The van der Waals surface area contributed by atoms with Crippen LogP contribution in [0.15, 0.2) is 22.7 Å². The molecule has 0 bridgehead atoms. The molecule has 1 atom stereocenters. The van der Waals surface area contributed by atoms with E-state index in [0.29, 0.717) is 10.9 Å². The maximum absolute atomic E-state index is 13.0. The SMILES string of the molecule is CC(C)C(Cc1ccc(F)c(Br)c1)C(=O)O. The highest BCUT2D eigenvalue weighted by Gasteiger charge is 2.21. The summed E-state index contributed by atoms with van der Waals surface area (Å²) in [6, 6.07) is 4.60. The van der Waals surface area contributed by atoms with Crippen molar-refractivity contribution < 1.29 is 14.3 Å². The van der Waals surface area contributed by atoms with Crippen LogP contribution < -0.4 is 0 Å². The van der Waals surface area contributed by atoms with Gasteiger partial charge in [0.1, 0.15) is 5.82 Å². The van der Waals surface area contributed by atoms with Crippen LogP contribution in [0.3, 0.4) is 0 Å². The molecule has 4 heteroatoms. The van der Waals surface area contributed by atoms with E-state index in [2.05, 4.69) is 15.9 Å². The van der Waals surface area contributed by atoms with E-state index in [1.54, 1.807) is 12.1 Å². The van der Waals surface area contributed by atoms with Gasteiger partial charge in [0.2, 0.25) is 0 Å². The normalized spacial score (nSPS) is 12.8. The van der Waals surface area contributed by atoms with Gasteiger partial charge in [-0.05, 0) is 46.0 Å². The van der Waals surface area contributed by atoms with Gasteiger partial charge in [-0.25, -0.2) is 4.39 Å². The highest BCUT2D eigenvalue weighted by atomic mass is 79.9. The first-order chi connectivity index (χ1) is 7.41. The molecule has 88 valence electrons. The van der Waals surface area contributed by atoms with Gasteiger partial charge in [-0.15, -0.1) is 0 Å². The summed E-state index contributed by atoms with van der Waals surface area (Å²) in [5.74, 6) is -1.52. The Bertz CT molecular complexity index is 391. The van der Waals surface area contributed by atoms with E-state index in [0.717, 1.165) is 5.56 Å². The van der Waals surface area contributed by atoms with Gasteiger partial charge >= 0.3 is 5.97 Å². The van der Waals surface area contributed by atoms with Gasteiger partial charge < -0.3 is 5.11 Å². The minimum absolute atomic E-state index is 0.0568. The number of carboxylic acids is 1. The van der Waals surface area contributed by atoms with Crippen LogP contribution in [0.25, 0.3) is 0 Å². The van der Waals surface area contributed by atoms with Gasteiger partial charge in [0, 0.05) is 0 Å². The molecular formula is C12H14BrFO2. The number of halogens is 2. The predicted octanol–water partition coefficient (Wildman–Crippen LogP) is 3.49. The first-order valence-electron chi connectivity index (χ1n) is 5.08. The quantitative estimate of drug-likeness (QED) is 0.921. The first kappa shape index (κ1) is 13.2. The highest BCUT2D eigenvalue weighted by Crippen LogP contribution is 2.22. The summed E-state index contributed by atoms with van der Waals surface area (Å²) in [7, 11) is 0. The molecule has 1 unspecified atom stereocenters. The van der Waals surface area contributed by atoms with E-state index in [4.69, 9.17) is 5.11 Å². The van der Waals surface area contributed by atoms with Crippen molar-refractivity contribution in [1.29, 1.82) is 0 Å². The Hall–Kier alpha value is -0.900. The summed E-state index contributed by atoms with van der Waals surface area (Å²) in [5, 5.41) is 9.04. The van der Waals surface area contributed by atoms with Crippen LogP contribution in [0, 0.1) is 17.7 Å². The van der Waals surface area contributed by atoms with Crippen molar-refractivity contribution in [3.05, 3.63) is 34.1 Å². The lowest BCUT2D eigenvalue weighted by Crippen LogP contribution is -2.22. The number of rotatable bonds is 4. The van der Waals surface area contributed by atoms with Gasteiger partial charge in [0.15, 0.2) is 0 Å². The van der Waals surface area contributed by atoms with Gasteiger partial charge in [0.05, 0.1) is 10.4 Å². The number of hydrogen-bond donors (Lipinski definition) is 1. The van der Waals surface area contributed by atoms with Crippen molar-refractivity contribution in [3.63, 3.8) is 0 Å². The van der Waals surface area contributed by atoms with Gasteiger partial charge in [-0.3, -0.25) is 4.79 Å². The lowest BCUT2D eigenvalue weighted by atomic mass is 9.89. The van der Waals surface area contributed by atoms with Crippen molar-refractivity contribution in [2.45, 2.75) is 20.3 Å². The molecule has 2 nitrogen and oxygen atoms in total. The summed E-state index contributed by atoms with van der Waals surface area (Å²) in [4.78, 5) is 11.0. The van der Waals surface area contributed by atoms with Crippen LogP contribution in [0.4, 0.5) is 4.39 Å². The third kappa shape index (κ3) is 3.30. The Morgan fingerprint density at radius 3 is 2.56 bits per heavy atom. The number of carboxylic acid groups (broad SMARTS) is 1. The zero-order valence-corrected chi connectivity index (χ0v) is 10.8. The molecule has 0 saturated heterocycles. The smallest absolute Gasteiger partial charge is 0.307 e. The van der Waals surface area contributed by atoms with E-state index in [1.165, 1.54) is 6.07 Å². The van der Waals surface area contributed by atoms with Gasteiger partial charge in [-0.2, -0.15) is 0 Å². The van der Waals surface area contributed by atoms with E-state index < -0.39 is 11.9 Å². The molecule has 0 spiro atoms. The second kappa shape index (κ2) is 5.43. The molecule has 0 aliphatic rings. The molecule has 0 fully saturated rings. The molecule has 1 aromatic carbocycles. The summed E-state index contributed by atoms with van der Waals surface area (Å²) in [6.45, 7) is 3.74. The van der Waals surface area contributed by atoms with Gasteiger partial charge in [0.25, 0.3) is 0 Å². The molecule has 0 aliphatic carbocycles. The number of carbonyl (C=O) groups is 1. The standard InChI is InChI=1S/C12H14BrFO2/c1-7(2)9(12(15)16)5-8-3-4-11(14)10(13)6-8/h3-4,6-7,9H,5H2,1-2H3,(H,15,16). The Kier molecular flexibility index (Phi) is 4.47. The minimum atomic E-state index is -0.810. The zero-order valence-electron chi connectivity index (χ0n) is 9.21. The average molecular weight is 289 g/mol. The molecule has 0 saturated carbocycles. The average Bonchev–Trinajstić information content (AvgIpc) is 2.18. The second-order valence-electron chi connectivity index (χ2n) is 4.14. The van der Waals surface area contributed by atoms with Crippen molar-refractivity contribution in [2.75, 3.05) is 0 Å². The van der Waals surface area contributed by atoms with Crippen molar-refractivity contribution in [3.8, 4) is 0 Å². The number of benzene rings is 1. The van der Waals surface area contributed by atoms with Crippen LogP contribution in [-0.4, -0.2) is 11.1 Å². The van der Waals surface area contributed by atoms with Crippen LogP contribution in [0.5, 0.6) is 0 Å². The molecular weight excluding hydrogens is 275 g/mol. The third-order valence-electron chi connectivity index (χ3n) is 2.56. The maximum atomic E-state index is 13.0. The zero-order chi connectivity index (χ0) is 12.3. The van der Waals surface area contributed by atoms with Crippen LogP contribution in [0.2, 0.25) is 0 Å². The van der Waals surface area contributed by atoms with E-state index in [1.807, 2.05) is 13.8 Å². The molecule has 1 N–H and O–H groups in total. The third-order valence-corrected chi connectivity index (χ3v) is 3.17. The summed E-state index contributed by atoms with van der Waals surface area (Å²) in [5.41, 5.74) is 0.828. The van der Waals surface area contributed by atoms with Crippen LogP contribution in [-0.2, 0) is 11.2 Å². The Balaban J connectivity index is 2.86. The molecule has 0 aromatic heterocycles. The van der Waals surface area contributed by atoms with Crippen molar-refractivity contribution >= 4 is 21.9 Å². The lowest BCUT2D eigenvalue weighted by Gasteiger charge is -2.16. The van der Waals surface area contributed by atoms with Crippen molar-refractivity contribution in [1.82, 2.24) is 0 Å². The maximum Gasteiger partial charge on any atom is 0.307 e. The number of aliphatic carboxylic acids is 1. The first-order valence-corrected chi connectivity index (χ1v) is 5.88. The van der Waals surface area contributed by atoms with Gasteiger partial charge in [-0.1, -0.05) is 19.9 Å². The van der Waals surface area contributed by atoms with E-state index >= 15 is 0 Å². The fourth-order valence-corrected chi connectivity index (χ4v) is 1.95. The molecule has 0 radical (unpaired) electrons. The second-order valence-corrected chi connectivity index (χ2v) is 5.00. The molecule has 1 aromatic rings. The molecule has 0 amide bonds. The fraction of sp³-hybridized carbons (Fsp3) is 0.417. The highest BCUT2D eigenvalue weighted by molar-refractivity contribution is 9.10. The Morgan fingerprint density at radius 1 is 1.50 bits per heavy atom. The van der Waals surface area contributed by atoms with Crippen LogP contribution >= 0.6 is 15.9 Å². The summed E-state index contributed by atoms with van der Waals surface area (Å²) >= 11 is 3.09. The molecule has 1 rings (SSSR count).